The first-order valence-electron chi connectivity index (χ1n) is 7.74. The number of alkyl halides is 3. The topological polar surface area (TPSA) is 62.7 Å². The van der Waals surface area contributed by atoms with E-state index in [1.165, 1.54) is 7.11 Å². The first-order chi connectivity index (χ1) is 11.9. The lowest BCUT2D eigenvalue weighted by molar-refractivity contribution is -0.155. The van der Waals surface area contributed by atoms with E-state index in [0.29, 0.717) is 13.2 Å². The number of ether oxygens (including phenoxy) is 1. The van der Waals surface area contributed by atoms with Gasteiger partial charge in [0.1, 0.15) is 6.04 Å². The third-order valence-electron chi connectivity index (χ3n) is 3.58. The van der Waals surface area contributed by atoms with E-state index in [9.17, 15) is 18.0 Å². The van der Waals surface area contributed by atoms with Crippen LogP contribution in [0, 0.1) is 0 Å². The largest absolute Gasteiger partial charge is 0.408 e. The molecule has 25 heavy (non-hydrogen) atoms. The van der Waals surface area contributed by atoms with E-state index in [2.05, 4.69) is 15.6 Å². The molecule has 1 aromatic carbocycles. The Hall–Kier alpha value is -1.74. The van der Waals surface area contributed by atoms with Crippen LogP contribution in [0.15, 0.2) is 35.3 Å². The number of rotatable bonds is 6. The van der Waals surface area contributed by atoms with Gasteiger partial charge in [-0.15, -0.1) is 0 Å². The zero-order valence-corrected chi connectivity index (χ0v) is 14.5. The van der Waals surface area contributed by atoms with Crippen molar-refractivity contribution in [3.05, 3.63) is 35.9 Å². The Morgan fingerprint density at radius 2 is 2.12 bits per heavy atom. The SMILES string of the molecule is COCCNC(=O)CSC1=NC(c2ccccc2)CC(C(F)(F)F)N1. The van der Waals surface area contributed by atoms with Gasteiger partial charge in [0.2, 0.25) is 5.91 Å². The summed E-state index contributed by atoms with van der Waals surface area (Å²) in [6, 6.07) is 6.58. The Bertz CT molecular complexity index is 596. The average molecular weight is 375 g/mol. The number of benzene rings is 1. The van der Waals surface area contributed by atoms with Crippen molar-refractivity contribution in [2.75, 3.05) is 26.0 Å². The summed E-state index contributed by atoms with van der Waals surface area (Å²) in [5, 5.41) is 5.15. The van der Waals surface area contributed by atoms with Gasteiger partial charge >= 0.3 is 6.18 Å². The van der Waals surface area contributed by atoms with E-state index in [1.54, 1.807) is 30.3 Å². The molecule has 1 aliphatic heterocycles. The molecule has 2 N–H and O–H groups in total. The van der Waals surface area contributed by atoms with Crippen LogP contribution in [-0.4, -0.2) is 49.3 Å². The molecule has 138 valence electrons. The number of hydrogen-bond donors (Lipinski definition) is 2. The Balaban J connectivity index is 2.03. The molecule has 9 heteroatoms. The molecule has 0 radical (unpaired) electrons. The summed E-state index contributed by atoms with van der Waals surface area (Å²) in [4.78, 5) is 16.0. The van der Waals surface area contributed by atoms with Gasteiger partial charge in [0.25, 0.3) is 0 Å². The molecule has 0 saturated heterocycles. The fourth-order valence-electron chi connectivity index (χ4n) is 2.32. The molecule has 0 bridgehead atoms. The second-order valence-corrected chi connectivity index (χ2v) is 6.43. The van der Waals surface area contributed by atoms with Crippen LogP contribution < -0.4 is 10.6 Å². The lowest BCUT2D eigenvalue weighted by Crippen LogP contribution is -2.48. The van der Waals surface area contributed by atoms with Crippen molar-refractivity contribution in [2.45, 2.75) is 24.7 Å². The normalized spacial score (nSPS) is 20.6. The summed E-state index contributed by atoms with van der Waals surface area (Å²) < 4.78 is 44.4. The molecule has 1 heterocycles. The van der Waals surface area contributed by atoms with Crippen molar-refractivity contribution in [1.29, 1.82) is 0 Å². The van der Waals surface area contributed by atoms with Crippen LogP contribution in [0.25, 0.3) is 0 Å². The molecule has 1 aliphatic rings. The first-order valence-corrected chi connectivity index (χ1v) is 8.73. The third kappa shape index (κ3) is 6.24. The maximum Gasteiger partial charge on any atom is 0.408 e. The molecule has 1 aromatic rings. The highest BCUT2D eigenvalue weighted by molar-refractivity contribution is 8.14. The van der Waals surface area contributed by atoms with Crippen molar-refractivity contribution in [1.82, 2.24) is 10.6 Å². The van der Waals surface area contributed by atoms with Crippen LogP contribution in [0.4, 0.5) is 13.2 Å². The minimum Gasteiger partial charge on any atom is -0.383 e. The second-order valence-electron chi connectivity index (χ2n) is 5.47. The molecular weight excluding hydrogens is 355 g/mol. The van der Waals surface area contributed by atoms with Crippen LogP contribution in [0.1, 0.15) is 18.0 Å². The predicted octanol–water partition coefficient (Wildman–Crippen LogP) is 2.50. The van der Waals surface area contributed by atoms with Gasteiger partial charge in [-0.1, -0.05) is 42.1 Å². The lowest BCUT2D eigenvalue weighted by atomic mass is 9.98. The summed E-state index contributed by atoms with van der Waals surface area (Å²) in [7, 11) is 1.52. The van der Waals surface area contributed by atoms with Crippen LogP contribution in [0.2, 0.25) is 0 Å². The van der Waals surface area contributed by atoms with Crippen molar-refractivity contribution in [2.24, 2.45) is 4.99 Å². The molecule has 2 unspecified atom stereocenters. The van der Waals surface area contributed by atoms with Crippen LogP contribution in [-0.2, 0) is 9.53 Å². The van der Waals surface area contributed by atoms with Gasteiger partial charge in [-0.25, -0.2) is 0 Å². The van der Waals surface area contributed by atoms with E-state index in [0.717, 1.165) is 17.3 Å². The number of thioether (sulfide) groups is 1. The summed E-state index contributed by atoms with van der Waals surface area (Å²) in [5.74, 6) is -0.293. The summed E-state index contributed by atoms with van der Waals surface area (Å²) in [5.41, 5.74) is 0.723. The van der Waals surface area contributed by atoms with E-state index < -0.39 is 18.3 Å². The molecule has 0 saturated carbocycles. The van der Waals surface area contributed by atoms with Crippen molar-refractivity contribution < 1.29 is 22.7 Å². The Kier molecular flexibility index (Phi) is 7.12. The fraction of sp³-hybridized carbons (Fsp3) is 0.500. The van der Waals surface area contributed by atoms with Gasteiger partial charge in [0, 0.05) is 20.1 Å². The van der Waals surface area contributed by atoms with Crippen molar-refractivity contribution in [3.8, 4) is 0 Å². The number of amides is 1. The minimum absolute atomic E-state index is 0.0123. The fourth-order valence-corrected chi connectivity index (χ4v) is 3.12. The van der Waals surface area contributed by atoms with Crippen LogP contribution in [0.5, 0.6) is 0 Å². The third-order valence-corrected chi connectivity index (χ3v) is 4.48. The highest BCUT2D eigenvalue weighted by atomic mass is 32.2. The standard InChI is InChI=1S/C16H20F3N3O2S/c1-24-8-7-20-14(23)10-25-15-21-12(11-5-3-2-4-6-11)9-13(22-15)16(17,18)19/h2-6,12-13H,7-10H2,1H3,(H,20,23)(H,21,22). The van der Waals surface area contributed by atoms with E-state index in [1.807, 2.05) is 0 Å². The number of nitrogens with one attached hydrogen (secondary N) is 2. The maximum atomic E-state index is 13.2. The lowest BCUT2D eigenvalue weighted by Gasteiger charge is -2.31. The van der Waals surface area contributed by atoms with Crippen LogP contribution >= 0.6 is 11.8 Å². The van der Waals surface area contributed by atoms with Gasteiger partial charge in [-0.3, -0.25) is 9.79 Å². The molecule has 0 spiro atoms. The number of carbonyl (C=O) groups excluding carboxylic acids is 1. The van der Waals surface area contributed by atoms with Crippen molar-refractivity contribution in [3.63, 3.8) is 0 Å². The number of methoxy groups -OCH3 is 1. The van der Waals surface area contributed by atoms with Gasteiger partial charge < -0.3 is 15.4 Å². The van der Waals surface area contributed by atoms with E-state index in [4.69, 9.17) is 4.74 Å². The molecule has 0 aliphatic carbocycles. The molecule has 0 fully saturated rings. The molecule has 0 aromatic heterocycles. The van der Waals surface area contributed by atoms with Gasteiger partial charge in [-0.05, 0) is 5.56 Å². The minimum atomic E-state index is -4.38. The number of amidine groups is 1. The smallest absolute Gasteiger partial charge is 0.383 e. The summed E-state index contributed by atoms with van der Waals surface area (Å²) >= 11 is 0.968. The Labute approximate surface area is 148 Å². The quantitative estimate of drug-likeness (QED) is 0.750. The zero-order valence-electron chi connectivity index (χ0n) is 13.7. The van der Waals surface area contributed by atoms with Gasteiger partial charge in [0.05, 0.1) is 18.4 Å². The molecular formula is C16H20F3N3O2S. The molecule has 2 atom stereocenters. The maximum absolute atomic E-state index is 13.2. The van der Waals surface area contributed by atoms with Crippen molar-refractivity contribution >= 4 is 22.8 Å². The van der Waals surface area contributed by atoms with Crippen LogP contribution in [0.3, 0.4) is 0 Å². The Morgan fingerprint density at radius 1 is 1.40 bits per heavy atom. The molecule has 1 amide bonds. The number of halogens is 3. The highest BCUT2D eigenvalue weighted by Gasteiger charge is 2.43. The number of nitrogens with zero attached hydrogens (tertiary/aromatic N) is 1. The Morgan fingerprint density at radius 3 is 2.76 bits per heavy atom. The highest BCUT2D eigenvalue weighted by Crippen LogP contribution is 2.34. The van der Waals surface area contributed by atoms with Gasteiger partial charge in [-0.2, -0.15) is 13.2 Å². The zero-order chi connectivity index (χ0) is 18.3. The number of aliphatic imine (C=N–C) groups is 1. The average Bonchev–Trinajstić information content (AvgIpc) is 2.60. The molecule has 2 rings (SSSR count). The van der Waals surface area contributed by atoms with Gasteiger partial charge in [0.15, 0.2) is 5.17 Å². The monoisotopic (exact) mass is 375 g/mol. The van der Waals surface area contributed by atoms with E-state index in [-0.39, 0.29) is 23.2 Å². The predicted molar refractivity (Wildman–Crippen MR) is 91.6 cm³/mol. The number of hydrogen-bond acceptors (Lipinski definition) is 5. The molecule has 5 nitrogen and oxygen atoms in total. The number of carbonyl (C=O) groups is 1. The second kappa shape index (κ2) is 9.10. The van der Waals surface area contributed by atoms with E-state index >= 15 is 0 Å². The first kappa shape index (κ1) is 19.6. The summed E-state index contributed by atoms with van der Waals surface area (Å²) in [6.45, 7) is 0.732. The summed E-state index contributed by atoms with van der Waals surface area (Å²) in [6.07, 6.45) is -4.55.